The number of hydrogen-bond acceptors (Lipinski definition) is 3. The first kappa shape index (κ1) is 15.9. The summed E-state index contributed by atoms with van der Waals surface area (Å²) in [4.78, 5) is 24.0. The normalized spacial score (nSPS) is 13.4. The van der Waals surface area contributed by atoms with Gasteiger partial charge in [-0.05, 0) is 19.1 Å². The standard InChI is InChI=1S/C14H18FNO4/c1-9(14(18)19)8-16(3)13(17)10(2)20-12-7-5-4-6-11(12)15/h4-7,9-10H,8H2,1-3H3,(H,18,19). The van der Waals surface area contributed by atoms with Crippen LogP contribution in [0.25, 0.3) is 0 Å². The van der Waals surface area contributed by atoms with E-state index in [1.54, 1.807) is 6.07 Å². The molecule has 0 bridgehead atoms. The fraction of sp³-hybridized carbons (Fsp3) is 0.429. The van der Waals surface area contributed by atoms with Gasteiger partial charge in [-0.1, -0.05) is 19.1 Å². The molecular formula is C14H18FNO4. The predicted octanol–water partition coefficient (Wildman–Crippen LogP) is 1.77. The van der Waals surface area contributed by atoms with Crippen molar-refractivity contribution in [3.05, 3.63) is 30.1 Å². The van der Waals surface area contributed by atoms with Gasteiger partial charge in [-0.25, -0.2) is 4.39 Å². The zero-order valence-electron chi connectivity index (χ0n) is 11.7. The van der Waals surface area contributed by atoms with Crippen LogP contribution in [-0.2, 0) is 9.59 Å². The molecule has 110 valence electrons. The number of halogens is 1. The van der Waals surface area contributed by atoms with Crippen LogP contribution >= 0.6 is 0 Å². The summed E-state index contributed by atoms with van der Waals surface area (Å²) in [6.07, 6.45) is -0.891. The van der Waals surface area contributed by atoms with Crippen molar-refractivity contribution >= 4 is 11.9 Å². The molecule has 1 amide bonds. The number of carboxylic acid groups (broad SMARTS) is 1. The maximum Gasteiger partial charge on any atom is 0.308 e. The predicted molar refractivity (Wildman–Crippen MR) is 70.9 cm³/mol. The van der Waals surface area contributed by atoms with Gasteiger partial charge in [0.1, 0.15) is 0 Å². The number of ether oxygens (including phenoxy) is 1. The van der Waals surface area contributed by atoms with Gasteiger partial charge in [0.05, 0.1) is 5.92 Å². The Morgan fingerprint density at radius 2 is 1.95 bits per heavy atom. The molecule has 0 saturated heterocycles. The van der Waals surface area contributed by atoms with E-state index in [1.807, 2.05) is 0 Å². The van der Waals surface area contributed by atoms with E-state index in [4.69, 9.17) is 9.84 Å². The van der Waals surface area contributed by atoms with Crippen LogP contribution in [-0.4, -0.2) is 41.6 Å². The average Bonchev–Trinajstić information content (AvgIpc) is 2.40. The van der Waals surface area contributed by atoms with E-state index in [0.29, 0.717) is 0 Å². The molecule has 0 radical (unpaired) electrons. The zero-order chi connectivity index (χ0) is 15.3. The molecule has 0 saturated carbocycles. The highest BCUT2D eigenvalue weighted by Crippen LogP contribution is 2.17. The van der Waals surface area contributed by atoms with E-state index < -0.39 is 29.7 Å². The van der Waals surface area contributed by atoms with Crippen molar-refractivity contribution < 1.29 is 23.8 Å². The van der Waals surface area contributed by atoms with E-state index in [0.717, 1.165) is 0 Å². The molecule has 1 aromatic carbocycles. The number of para-hydroxylation sites is 1. The second-order valence-corrected chi connectivity index (χ2v) is 4.65. The van der Waals surface area contributed by atoms with Gasteiger partial charge in [0.25, 0.3) is 5.91 Å². The minimum Gasteiger partial charge on any atom is -0.481 e. The molecule has 0 spiro atoms. The van der Waals surface area contributed by atoms with Crippen LogP contribution < -0.4 is 4.74 Å². The van der Waals surface area contributed by atoms with Crippen LogP contribution in [0, 0.1) is 11.7 Å². The van der Waals surface area contributed by atoms with Crippen LogP contribution in [0.5, 0.6) is 5.75 Å². The minimum atomic E-state index is -0.979. The third-order valence-corrected chi connectivity index (χ3v) is 2.83. The number of nitrogens with zero attached hydrogens (tertiary/aromatic N) is 1. The number of carboxylic acids is 1. The number of amides is 1. The topological polar surface area (TPSA) is 66.8 Å². The van der Waals surface area contributed by atoms with Crippen molar-refractivity contribution in [1.29, 1.82) is 0 Å². The monoisotopic (exact) mass is 283 g/mol. The highest BCUT2D eigenvalue weighted by molar-refractivity contribution is 5.81. The second kappa shape index (κ2) is 6.88. The number of carbonyl (C=O) groups is 2. The maximum atomic E-state index is 13.4. The lowest BCUT2D eigenvalue weighted by molar-refractivity contribution is -0.144. The lowest BCUT2D eigenvalue weighted by Gasteiger charge is -2.23. The molecular weight excluding hydrogens is 265 g/mol. The maximum absolute atomic E-state index is 13.4. The van der Waals surface area contributed by atoms with Gasteiger partial charge in [0, 0.05) is 13.6 Å². The minimum absolute atomic E-state index is 0.00645. The summed E-state index contributed by atoms with van der Waals surface area (Å²) in [5.41, 5.74) is 0. The summed E-state index contributed by atoms with van der Waals surface area (Å²) in [5, 5.41) is 8.80. The van der Waals surface area contributed by atoms with Crippen LogP contribution in [0.15, 0.2) is 24.3 Å². The van der Waals surface area contributed by atoms with E-state index in [2.05, 4.69) is 0 Å². The summed E-state index contributed by atoms with van der Waals surface area (Å²) in [6, 6.07) is 5.79. The van der Waals surface area contributed by atoms with Gasteiger partial charge in [-0.2, -0.15) is 0 Å². The third-order valence-electron chi connectivity index (χ3n) is 2.83. The van der Waals surface area contributed by atoms with Gasteiger partial charge in [0.15, 0.2) is 17.7 Å². The van der Waals surface area contributed by atoms with Gasteiger partial charge in [0.2, 0.25) is 0 Å². The molecule has 0 aliphatic carbocycles. The summed E-state index contributed by atoms with van der Waals surface area (Å²) in [5.74, 6) is -2.61. The molecule has 1 rings (SSSR count). The quantitative estimate of drug-likeness (QED) is 0.864. The molecule has 20 heavy (non-hydrogen) atoms. The molecule has 0 aromatic heterocycles. The molecule has 2 atom stereocenters. The first-order valence-electron chi connectivity index (χ1n) is 6.22. The Morgan fingerprint density at radius 3 is 2.50 bits per heavy atom. The van der Waals surface area contributed by atoms with E-state index in [1.165, 1.54) is 44.0 Å². The molecule has 0 fully saturated rings. The lowest BCUT2D eigenvalue weighted by atomic mass is 10.1. The number of likely N-dealkylation sites (N-methyl/N-ethyl adjacent to an activating group) is 1. The van der Waals surface area contributed by atoms with Crippen molar-refractivity contribution in [2.75, 3.05) is 13.6 Å². The molecule has 1 N–H and O–H groups in total. The zero-order valence-corrected chi connectivity index (χ0v) is 11.7. The number of benzene rings is 1. The fourth-order valence-corrected chi connectivity index (χ4v) is 1.67. The molecule has 0 aliphatic rings. The third kappa shape index (κ3) is 4.22. The van der Waals surface area contributed by atoms with Crippen LogP contribution in [0.2, 0.25) is 0 Å². The molecule has 0 heterocycles. The molecule has 5 nitrogen and oxygen atoms in total. The van der Waals surface area contributed by atoms with Crippen molar-refractivity contribution in [2.24, 2.45) is 5.92 Å². The Kier molecular flexibility index (Phi) is 5.49. The number of rotatable bonds is 6. The van der Waals surface area contributed by atoms with Gasteiger partial charge < -0.3 is 14.7 Å². The van der Waals surface area contributed by atoms with E-state index in [-0.39, 0.29) is 12.3 Å². The number of hydrogen-bond donors (Lipinski definition) is 1. The smallest absolute Gasteiger partial charge is 0.308 e. The van der Waals surface area contributed by atoms with Crippen LogP contribution in [0.1, 0.15) is 13.8 Å². The SMILES string of the molecule is CC(CN(C)C(=O)C(C)Oc1ccccc1F)C(=O)O. The average molecular weight is 283 g/mol. The van der Waals surface area contributed by atoms with Crippen molar-refractivity contribution in [3.8, 4) is 5.75 Å². The largest absolute Gasteiger partial charge is 0.481 e. The van der Waals surface area contributed by atoms with Crippen molar-refractivity contribution in [2.45, 2.75) is 20.0 Å². The van der Waals surface area contributed by atoms with Gasteiger partial charge in [-0.15, -0.1) is 0 Å². The van der Waals surface area contributed by atoms with Crippen LogP contribution in [0.3, 0.4) is 0 Å². The lowest BCUT2D eigenvalue weighted by Crippen LogP contribution is -2.41. The first-order chi connectivity index (χ1) is 9.32. The molecule has 1 aromatic rings. The van der Waals surface area contributed by atoms with E-state index >= 15 is 0 Å². The van der Waals surface area contributed by atoms with Crippen molar-refractivity contribution in [1.82, 2.24) is 4.90 Å². The molecule has 0 aliphatic heterocycles. The highest BCUT2D eigenvalue weighted by Gasteiger charge is 2.23. The fourth-order valence-electron chi connectivity index (χ4n) is 1.67. The number of aliphatic carboxylic acids is 1. The summed E-state index contributed by atoms with van der Waals surface area (Å²) >= 11 is 0. The summed E-state index contributed by atoms with van der Waals surface area (Å²) in [6.45, 7) is 3.07. The van der Waals surface area contributed by atoms with Crippen LogP contribution in [0.4, 0.5) is 4.39 Å². The summed E-state index contributed by atoms with van der Waals surface area (Å²) in [7, 11) is 1.49. The first-order valence-corrected chi connectivity index (χ1v) is 6.22. The Bertz CT molecular complexity index is 492. The Hall–Kier alpha value is -2.11. The number of carbonyl (C=O) groups excluding carboxylic acids is 1. The summed E-state index contributed by atoms with van der Waals surface area (Å²) < 4.78 is 18.7. The van der Waals surface area contributed by atoms with Gasteiger partial charge in [-0.3, -0.25) is 9.59 Å². The Morgan fingerprint density at radius 1 is 1.35 bits per heavy atom. The Balaban J connectivity index is 2.63. The van der Waals surface area contributed by atoms with E-state index in [9.17, 15) is 14.0 Å². The highest BCUT2D eigenvalue weighted by atomic mass is 19.1. The molecule has 6 heteroatoms. The molecule has 2 unspecified atom stereocenters. The van der Waals surface area contributed by atoms with Gasteiger partial charge >= 0.3 is 5.97 Å². The Labute approximate surface area is 117 Å². The second-order valence-electron chi connectivity index (χ2n) is 4.65. The van der Waals surface area contributed by atoms with Crippen molar-refractivity contribution in [3.63, 3.8) is 0 Å².